The number of nitrogens with zero attached hydrogens (tertiary/aromatic N) is 2. The highest BCUT2D eigenvalue weighted by Gasteiger charge is 2.34. The number of rotatable bonds is 6. The number of halogens is 4. The van der Waals surface area contributed by atoms with Gasteiger partial charge in [-0.25, -0.2) is 9.48 Å². The van der Waals surface area contributed by atoms with E-state index >= 15 is 0 Å². The number of hydrogen-bond donors (Lipinski definition) is 1. The fourth-order valence-corrected chi connectivity index (χ4v) is 2.78. The number of amides is 1. The number of esters is 1. The maximum atomic E-state index is 13.1. The molecule has 0 aliphatic heterocycles. The number of hydrogen-bond acceptors (Lipinski definition) is 5. The molecular weight excluding hydrogens is 439 g/mol. The Kier molecular flexibility index (Phi) is 6.50. The van der Waals surface area contributed by atoms with E-state index in [9.17, 15) is 22.8 Å². The lowest BCUT2D eigenvalue weighted by atomic mass is 10.1. The third kappa shape index (κ3) is 5.34. The highest BCUT2D eigenvalue weighted by Crippen LogP contribution is 2.36. The Morgan fingerprint density at radius 2 is 1.87 bits per heavy atom. The molecule has 0 bridgehead atoms. The van der Waals surface area contributed by atoms with Gasteiger partial charge >= 0.3 is 12.1 Å². The van der Waals surface area contributed by atoms with Gasteiger partial charge in [-0.3, -0.25) is 4.79 Å². The minimum atomic E-state index is -4.73. The van der Waals surface area contributed by atoms with Gasteiger partial charge in [0.2, 0.25) is 5.69 Å². The van der Waals surface area contributed by atoms with Crippen molar-refractivity contribution in [1.29, 1.82) is 0 Å². The summed E-state index contributed by atoms with van der Waals surface area (Å²) in [6.07, 6.45) is -3.28. The van der Waals surface area contributed by atoms with E-state index in [4.69, 9.17) is 21.1 Å². The largest absolute Gasteiger partial charge is 0.493 e. The highest BCUT2D eigenvalue weighted by atomic mass is 35.5. The molecule has 2 aromatic carbocycles. The molecule has 0 unspecified atom stereocenters. The van der Waals surface area contributed by atoms with Crippen molar-refractivity contribution < 1.29 is 32.2 Å². The maximum Gasteiger partial charge on any atom is 0.418 e. The number of carbonyl (C=O) groups is 2. The molecule has 11 heteroatoms. The van der Waals surface area contributed by atoms with E-state index in [1.165, 1.54) is 24.1 Å². The summed E-state index contributed by atoms with van der Waals surface area (Å²) in [6, 6.07) is 11.7. The van der Waals surface area contributed by atoms with Crippen LogP contribution in [0.15, 0.2) is 54.7 Å². The van der Waals surface area contributed by atoms with Crippen molar-refractivity contribution in [2.24, 2.45) is 0 Å². The molecule has 1 heterocycles. The second-order valence-corrected chi connectivity index (χ2v) is 6.57. The summed E-state index contributed by atoms with van der Waals surface area (Å²) in [5, 5.41) is 6.01. The number of ether oxygens (including phenoxy) is 2. The van der Waals surface area contributed by atoms with Gasteiger partial charge in [0.05, 0.1) is 30.2 Å². The molecule has 3 rings (SSSR count). The molecule has 1 aromatic heterocycles. The molecule has 1 N–H and O–H groups in total. The summed E-state index contributed by atoms with van der Waals surface area (Å²) >= 11 is 5.60. The summed E-state index contributed by atoms with van der Waals surface area (Å²) in [6.45, 7) is -0.833. The Bertz CT molecular complexity index is 1100. The first-order valence-corrected chi connectivity index (χ1v) is 9.09. The van der Waals surface area contributed by atoms with Gasteiger partial charge in [-0.15, -0.1) is 0 Å². The minimum absolute atomic E-state index is 0.103. The van der Waals surface area contributed by atoms with Crippen LogP contribution in [0.4, 0.5) is 18.9 Å². The Hall–Kier alpha value is -3.53. The fourth-order valence-electron chi connectivity index (χ4n) is 2.61. The summed E-state index contributed by atoms with van der Waals surface area (Å²) in [4.78, 5) is 24.4. The SMILES string of the molecule is COc1cn(-c2ccccc2)nc1C(=O)OCC(=O)Nc1ccc(Cl)cc1C(F)(F)F. The number of benzene rings is 2. The van der Waals surface area contributed by atoms with E-state index < -0.39 is 35.9 Å². The van der Waals surface area contributed by atoms with Crippen molar-refractivity contribution >= 4 is 29.2 Å². The van der Waals surface area contributed by atoms with Gasteiger partial charge in [-0.2, -0.15) is 18.3 Å². The predicted molar refractivity (Wildman–Crippen MR) is 105 cm³/mol. The van der Waals surface area contributed by atoms with Gasteiger partial charge < -0.3 is 14.8 Å². The highest BCUT2D eigenvalue weighted by molar-refractivity contribution is 6.30. The van der Waals surface area contributed by atoms with Gasteiger partial charge in [0.25, 0.3) is 5.91 Å². The molecule has 31 heavy (non-hydrogen) atoms. The van der Waals surface area contributed by atoms with E-state index in [-0.39, 0.29) is 16.5 Å². The second kappa shape index (κ2) is 9.09. The van der Waals surface area contributed by atoms with Crippen LogP contribution in [-0.4, -0.2) is 35.4 Å². The molecule has 0 aliphatic carbocycles. The van der Waals surface area contributed by atoms with Gasteiger partial charge in [0, 0.05) is 5.02 Å². The molecule has 0 spiro atoms. The Morgan fingerprint density at radius 3 is 2.52 bits per heavy atom. The third-order valence-electron chi connectivity index (χ3n) is 4.01. The van der Waals surface area contributed by atoms with Crippen LogP contribution in [-0.2, 0) is 15.7 Å². The van der Waals surface area contributed by atoms with Crippen LogP contribution >= 0.6 is 11.6 Å². The molecule has 0 radical (unpaired) electrons. The maximum absolute atomic E-state index is 13.1. The van der Waals surface area contributed by atoms with Crippen molar-refractivity contribution in [2.75, 3.05) is 19.0 Å². The van der Waals surface area contributed by atoms with Crippen LogP contribution in [0.3, 0.4) is 0 Å². The first-order chi connectivity index (χ1) is 14.7. The first-order valence-electron chi connectivity index (χ1n) is 8.72. The summed E-state index contributed by atoms with van der Waals surface area (Å²) in [7, 11) is 1.33. The molecule has 3 aromatic rings. The van der Waals surface area contributed by atoms with Crippen LogP contribution in [0.5, 0.6) is 5.75 Å². The van der Waals surface area contributed by atoms with Crippen LogP contribution in [0, 0.1) is 0 Å². The molecule has 0 fully saturated rings. The third-order valence-corrected chi connectivity index (χ3v) is 4.25. The number of aromatic nitrogens is 2. The second-order valence-electron chi connectivity index (χ2n) is 6.14. The van der Waals surface area contributed by atoms with E-state index in [2.05, 4.69) is 10.4 Å². The number of para-hydroxylation sites is 1. The average Bonchev–Trinajstić information content (AvgIpc) is 3.18. The van der Waals surface area contributed by atoms with Gasteiger partial charge in [-0.1, -0.05) is 29.8 Å². The molecule has 0 saturated heterocycles. The minimum Gasteiger partial charge on any atom is -0.493 e. The monoisotopic (exact) mass is 453 g/mol. The number of carbonyl (C=O) groups excluding carboxylic acids is 2. The number of anilines is 1. The lowest BCUT2D eigenvalue weighted by molar-refractivity contribution is -0.137. The molecule has 0 atom stereocenters. The molecule has 0 saturated carbocycles. The van der Waals surface area contributed by atoms with Gasteiger partial charge in [0.15, 0.2) is 12.4 Å². The number of methoxy groups -OCH3 is 1. The molecular formula is C20H15ClF3N3O4. The Balaban J connectivity index is 1.69. The van der Waals surface area contributed by atoms with Crippen molar-refractivity contribution in [3.63, 3.8) is 0 Å². The lowest BCUT2D eigenvalue weighted by Gasteiger charge is -2.14. The quantitative estimate of drug-likeness (QED) is 0.561. The predicted octanol–water partition coefficient (Wildman–Crippen LogP) is 4.35. The van der Waals surface area contributed by atoms with Crippen LogP contribution in [0.25, 0.3) is 5.69 Å². The summed E-state index contributed by atoms with van der Waals surface area (Å²) < 4.78 is 50.8. The van der Waals surface area contributed by atoms with E-state index in [1.807, 2.05) is 6.07 Å². The zero-order chi connectivity index (χ0) is 22.6. The summed E-state index contributed by atoms with van der Waals surface area (Å²) in [5.74, 6) is -1.84. The van der Waals surface area contributed by atoms with Crippen molar-refractivity contribution in [3.05, 3.63) is 71.0 Å². The van der Waals surface area contributed by atoms with Crippen molar-refractivity contribution in [2.45, 2.75) is 6.18 Å². The van der Waals surface area contributed by atoms with Crippen LogP contribution in [0.2, 0.25) is 5.02 Å². The Morgan fingerprint density at radius 1 is 1.16 bits per heavy atom. The van der Waals surface area contributed by atoms with E-state index in [1.54, 1.807) is 24.3 Å². The normalized spacial score (nSPS) is 11.1. The molecule has 162 valence electrons. The first kappa shape index (κ1) is 22.2. The van der Waals surface area contributed by atoms with Crippen LogP contribution < -0.4 is 10.1 Å². The molecule has 7 nitrogen and oxygen atoms in total. The van der Waals surface area contributed by atoms with Gasteiger partial charge in [-0.05, 0) is 30.3 Å². The van der Waals surface area contributed by atoms with E-state index in [0.29, 0.717) is 11.8 Å². The zero-order valence-electron chi connectivity index (χ0n) is 15.9. The van der Waals surface area contributed by atoms with Crippen LogP contribution in [0.1, 0.15) is 16.1 Å². The lowest BCUT2D eigenvalue weighted by Crippen LogP contribution is -2.23. The van der Waals surface area contributed by atoms with Crippen molar-refractivity contribution in [3.8, 4) is 11.4 Å². The standard InChI is InChI=1S/C20H15ClF3N3O4/c1-30-16-10-27(13-5-3-2-4-6-13)26-18(16)19(29)31-11-17(28)25-15-8-7-12(21)9-14(15)20(22,23)24/h2-10H,11H2,1H3,(H,25,28). The average molecular weight is 454 g/mol. The Labute approximate surface area is 179 Å². The molecule has 1 amide bonds. The number of nitrogens with one attached hydrogen (secondary N) is 1. The summed E-state index contributed by atoms with van der Waals surface area (Å²) in [5.41, 5.74) is -1.17. The van der Waals surface area contributed by atoms with Crippen molar-refractivity contribution in [1.82, 2.24) is 9.78 Å². The fraction of sp³-hybridized carbons (Fsp3) is 0.150. The molecule has 0 aliphatic rings. The zero-order valence-corrected chi connectivity index (χ0v) is 16.7. The van der Waals surface area contributed by atoms with Gasteiger partial charge in [0.1, 0.15) is 0 Å². The van der Waals surface area contributed by atoms with E-state index in [0.717, 1.165) is 6.07 Å². The number of alkyl halides is 3. The smallest absolute Gasteiger partial charge is 0.418 e. The topological polar surface area (TPSA) is 82.5 Å².